The fraction of sp³-hybridized carbons (Fsp3) is 0.875. The van der Waals surface area contributed by atoms with Crippen molar-refractivity contribution in [1.29, 1.82) is 10.5 Å². The normalized spacial score (nSPS) is 21.0. The van der Waals surface area contributed by atoms with Crippen molar-refractivity contribution in [3.05, 3.63) is 0 Å². The van der Waals surface area contributed by atoms with Gasteiger partial charge in [0.25, 0.3) is 0 Å². The van der Waals surface area contributed by atoms with Gasteiger partial charge in [-0.25, -0.2) is 0 Å². The van der Waals surface area contributed by atoms with Crippen LogP contribution in [0.3, 0.4) is 0 Å². The van der Waals surface area contributed by atoms with Crippen molar-refractivity contribution >= 4 is 0 Å². The highest BCUT2D eigenvalue weighted by Gasteiger charge is 2.37. The van der Waals surface area contributed by atoms with E-state index in [0.29, 0.717) is 11.8 Å². The predicted octanol–water partition coefficient (Wildman–Crippen LogP) is 4.59. The van der Waals surface area contributed by atoms with Gasteiger partial charge in [-0.2, -0.15) is 20.8 Å². The zero-order valence-electron chi connectivity index (χ0n) is 14.1. The van der Waals surface area contributed by atoms with Gasteiger partial charge in [-0.15, -0.1) is 0 Å². The summed E-state index contributed by atoms with van der Waals surface area (Å²) in [6, 6.07) is 4.51. The zero-order chi connectivity index (χ0) is 16.1. The van der Waals surface area contributed by atoms with Gasteiger partial charge in [0.2, 0.25) is 0 Å². The molecule has 0 saturated carbocycles. The average molecular weight is 276 g/mol. The summed E-state index contributed by atoms with van der Waals surface area (Å²) in [5.74, 6) is 0.811. The topological polar surface area (TPSA) is 72.3 Å². The predicted molar refractivity (Wildman–Crippen MR) is 80.9 cm³/mol. The highest BCUT2D eigenvalue weighted by Crippen LogP contribution is 2.32. The van der Waals surface area contributed by atoms with Crippen molar-refractivity contribution in [2.45, 2.75) is 66.5 Å². The molecule has 20 heavy (non-hydrogen) atoms. The van der Waals surface area contributed by atoms with E-state index in [1.165, 1.54) is 0 Å². The van der Waals surface area contributed by atoms with Crippen molar-refractivity contribution in [2.24, 2.45) is 33.9 Å². The Morgan fingerprint density at radius 3 is 1.10 bits per heavy atom. The van der Waals surface area contributed by atoms with Gasteiger partial charge in [0.15, 0.2) is 11.1 Å². The Morgan fingerprint density at radius 2 is 0.950 bits per heavy atom. The van der Waals surface area contributed by atoms with Crippen molar-refractivity contribution in [3.8, 4) is 12.1 Å². The number of nitrogens with zero attached hydrogens (tertiary/aromatic N) is 4. The molecule has 0 aliphatic rings. The van der Waals surface area contributed by atoms with Gasteiger partial charge in [0.1, 0.15) is 0 Å². The zero-order valence-corrected chi connectivity index (χ0v) is 14.1. The van der Waals surface area contributed by atoms with E-state index >= 15 is 0 Å². The third-order valence-electron chi connectivity index (χ3n) is 4.69. The Labute approximate surface area is 123 Å². The molecule has 0 spiro atoms. The molecule has 112 valence electrons. The first-order valence-corrected chi connectivity index (χ1v) is 7.30. The van der Waals surface area contributed by atoms with Crippen LogP contribution in [0.2, 0.25) is 0 Å². The van der Waals surface area contributed by atoms with Gasteiger partial charge in [-0.3, -0.25) is 0 Å². The van der Waals surface area contributed by atoms with Crippen LogP contribution in [0.5, 0.6) is 0 Å². The summed E-state index contributed by atoms with van der Waals surface area (Å²) in [5.41, 5.74) is -1.77. The Bertz CT molecular complexity index is 387. The van der Waals surface area contributed by atoms with E-state index in [2.05, 4.69) is 50.1 Å². The highest BCUT2D eigenvalue weighted by molar-refractivity contribution is 5.11. The van der Waals surface area contributed by atoms with E-state index < -0.39 is 11.1 Å². The first kappa shape index (κ1) is 18.6. The van der Waals surface area contributed by atoms with Crippen LogP contribution < -0.4 is 0 Å². The molecule has 0 radical (unpaired) electrons. The molecule has 0 aromatic rings. The summed E-state index contributed by atoms with van der Waals surface area (Å²) >= 11 is 0. The maximum atomic E-state index is 9.44. The minimum atomic E-state index is -0.886. The summed E-state index contributed by atoms with van der Waals surface area (Å²) in [4.78, 5) is 0. The van der Waals surface area contributed by atoms with E-state index in [4.69, 9.17) is 0 Å². The van der Waals surface area contributed by atoms with Crippen LogP contribution in [0.4, 0.5) is 0 Å². The SMILES string of the molecule is CC(C)C(C)C(C)(C#N)N=NC(C)(C#N)C(C)C(C)C. The molecule has 0 N–H and O–H groups in total. The van der Waals surface area contributed by atoms with Crippen molar-refractivity contribution in [3.63, 3.8) is 0 Å². The molecule has 0 aliphatic carbocycles. The Balaban J connectivity index is 5.45. The number of azo groups is 1. The van der Waals surface area contributed by atoms with Crippen molar-refractivity contribution in [1.82, 2.24) is 0 Å². The summed E-state index contributed by atoms with van der Waals surface area (Å²) in [5, 5.41) is 27.4. The van der Waals surface area contributed by atoms with Crippen LogP contribution in [-0.4, -0.2) is 11.1 Å². The van der Waals surface area contributed by atoms with E-state index in [0.717, 1.165) is 0 Å². The van der Waals surface area contributed by atoms with Crippen LogP contribution >= 0.6 is 0 Å². The quantitative estimate of drug-likeness (QED) is 0.666. The monoisotopic (exact) mass is 276 g/mol. The maximum absolute atomic E-state index is 9.44. The van der Waals surface area contributed by atoms with Crippen LogP contribution in [0.15, 0.2) is 10.2 Å². The highest BCUT2D eigenvalue weighted by atomic mass is 15.2. The number of hydrogen-bond donors (Lipinski definition) is 0. The number of nitriles is 2. The number of rotatable bonds is 6. The van der Waals surface area contributed by atoms with Crippen molar-refractivity contribution in [2.75, 3.05) is 0 Å². The van der Waals surface area contributed by atoms with E-state index in [-0.39, 0.29) is 11.8 Å². The maximum Gasteiger partial charge on any atom is 0.167 e. The molecule has 4 atom stereocenters. The lowest BCUT2D eigenvalue weighted by atomic mass is 9.80. The molecular weight excluding hydrogens is 248 g/mol. The van der Waals surface area contributed by atoms with Gasteiger partial charge in [-0.05, 0) is 37.5 Å². The molecule has 0 bridgehead atoms. The lowest BCUT2D eigenvalue weighted by Crippen LogP contribution is -2.36. The molecule has 4 nitrogen and oxygen atoms in total. The van der Waals surface area contributed by atoms with Gasteiger partial charge in [-0.1, -0.05) is 41.5 Å². The van der Waals surface area contributed by atoms with Gasteiger partial charge in [0.05, 0.1) is 12.1 Å². The van der Waals surface area contributed by atoms with Crippen LogP contribution in [0.1, 0.15) is 55.4 Å². The van der Waals surface area contributed by atoms with E-state index in [9.17, 15) is 10.5 Å². The Hall–Kier alpha value is -1.42. The molecule has 4 heteroatoms. The summed E-state index contributed by atoms with van der Waals surface area (Å²) in [6.45, 7) is 15.8. The van der Waals surface area contributed by atoms with Crippen LogP contribution in [-0.2, 0) is 0 Å². The lowest BCUT2D eigenvalue weighted by molar-refractivity contribution is 0.259. The van der Waals surface area contributed by atoms with E-state index in [1.807, 2.05) is 13.8 Å². The molecule has 0 fully saturated rings. The summed E-state index contributed by atoms with van der Waals surface area (Å²) < 4.78 is 0. The second kappa shape index (κ2) is 6.84. The Morgan fingerprint density at radius 1 is 0.700 bits per heavy atom. The molecule has 0 rings (SSSR count). The molecule has 0 aliphatic heterocycles. The van der Waals surface area contributed by atoms with Crippen LogP contribution in [0.25, 0.3) is 0 Å². The fourth-order valence-electron chi connectivity index (χ4n) is 1.94. The second-order valence-corrected chi connectivity index (χ2v) is 6.78. The molecular formula is C16H28N4. The standard InChI is InChI=1S/C16H28N4/c1-11(2)13(5)15(7,9-17)19-20-16(8,10-18)14(6)12(3)4/h11-14H,1-8H3. The molecule has 0 saturated heterocycles. The number of hydrogen-bond acceptors (Lipinski definition) is 4. The molecule has 0 aromatic heterocycles. The summed E-state index contributed by atoms with van der Waals surface area (Å²) in [7, 11) is 0. The smallest absolute Gasteiger partial charge is 0.167 e. The fourth-order valence-corrected chi connectivity index (χ4v) is 1.94. The third-order valence-corrected chi connectivity index (χ3v) is 4.69. The minimum Gasteiger partial charge on any atom is -0.196 e. The summed E-state index contributed by atoms with van der Waals surface area (Å²) in [6.07, 6.45) is 0. The third kappa shape index (κ3) is 4.04. The molecule has 0 amide bonds. The second-order valence-electron chi connectivity index (χ2n) is 6.78. The largest absolute Gasteiger partial charge is 0.196 e. The Kier molecular flexibility index (Phi) is 6.35. The van der Waals surface area contributed by atoms with Gasteiger partial charge >= 0.3 is 0 Å². The lowest BCUT2D eigenvalue weighted by Gasteiger charge is -2.30. The first-order valence-electron chi connectivity index (χ1n) is 7.30. The van der Waals surface area contributed by atoms with Gasteiger partial charge in [0, 0.05) is 0 Å². The van der Waals surface area contributed by atoms with Crippen LogP contribution in [0, 0.1) is 46.3 Å². The van der Waals surface area contributed by atoms with Gasteiger partial charge < -0.3 is 0 Å². The van der Waals surface area contributed by atoms with Crippen molar-refractivity contribution < 1.29 is 0 Å². The molecule has 0 heterocycles. The molecule has 0 aromatic carbocycles. The molecule has 4 unspecified atom stereocenters. The minimum absolute atomic E-state index is 0.0774. The first-order chi connectivity index (χ1) is 9.04. The average Bonchev–Trinajstić information content (AvgIpc) is 2.42. The van der Waals surface area contributed by atoms with E-state index in [1.54, 1.807) is 13.8 Å².